The molecular formula is C10H8BN2O2. The average Bonchev–Trinajstić information content (AvgIpc) is 2.32. The Kier molecular flexibility index (Phi) is 3.17. The third-order valence-corrected chi connectivity index (χ3v) is 1.64. The minimum absolute atomic E-state index is 0.626. The fourth-order valence-corrected chi connectivity index (χ4v) is 0.969. The SMILES string of the molecule is [B](Oc1cccnc1)Oc1cccnc1. The molecule has 0 fully saturated rings. The first-order chi connectivity index (χ1) is 7.45. The quantitative estimate of drug-likeness (QED) is 0.699. The highest BCUT2D eigenvalue weighted by Gasteiger charge is 2.00. The molecular weight excluding hydrogens is 191 g/mol. The predicted molar refractivity (Wildman–Crippen MR) is 55.5 cm³/mol. The molecule has 2 aromatic heterocycles. The van der Waals surface area contributed by atoms with Gasteiger partial charge in [0.2, 0.25) is 0 Å². The molecule has 0 aromatic carbocycles. The lowest BCUT2D eigenvalue weighted by Gasteiger charge is -2.04. The Labute approximate surface area is 88.2 Å². The normalized spacial score (nSPS) is 9.33. The summed E-state index contributed by atoms with van der Waals surface area (Å²) in [6, 6.07) is 7.15. The van der Waals surface area contributed by atoms with Gasteiger partial charge in [-0.1, -0.05) is 0 Å². The van der Waals surface area contributed by atoms with Crippen molar-refractivity contribution in [1.29, 1.82) is 0 Å². The summed E-state index contributed by atoms with van der Waals surface area (Å²) in [7, 11) is 1.24. The maximum atomic E-state index is 5.17. The van der Waals surface area contributed by atoms with Gasteiger partial charge in [-0.3, -0.25) is 9.97 Å². The Hall–Kier alpha value is -2.04. The van der Waals surface area contributed by atoms with E-state index in [0.29, 0.717) is 11.5 Å². The van der Waals surface area contributed by atoms with Crippen LogP contribution in [0.1, 0.15) is 0 Å². The number of pyridine rings is 2. The lowest BCUT2D eigenvalue weighted by molar-refractivity contribution is 0.456. The fraction of sp³-hybridized carbons (Fsp3) is 0. The number of rotatable bonds is 4. The zero-order valence-electron chi connectivity index (χ0n) is 7.91. The molecule has 73 valence electrons. The molecule has 0 atom stereocenters. The Morgan fingerprint density at radius 3 is 1.80 bits per heavy atom. The number of nitrogens with zero attached hydrogens (tertiary/aromatic N) is 2. The number of hydrogen-bond acceptors (Lipinski definition) is 4. The van der Waals surface area contributed by atoms with E-state index < -0.39 is 0 Å². The summed E-state index contributed by atoms with van der Waals surface area (Å²) in [6.07, 6.45) is 6.55. The van der Waals surface area contributed by atoms with Crippen molar-refractivity contribution in [1.82, 2.24) is 9.97 Å². The molecule has 0 unspecified atom stereocenters. The summed E-state index contributed by atoms with van der Waals surface area (Å²) in [5.41, 5.74) is 0. The topological polar surface area (TPSA) is 44.2 Å². The fourth-order valence-electron chi connectivity index (χ4n) is 0.969. The molecule has 0 aliphatic heterocycles. The van der Waals surface area contributed by atoms with Gasteiger partial charge < -0.3 is 9.31 Å². The van der Waals surface area contributed by atoms with Crippen LogP contribution in [0.5, 0.6) is 11.5 Å². The van der Waals surface area contributed by atoms with E-state index in [2.05, 4.69) is 9.97 Å². The minimum atomic E-state index is 0.626. The van der Waals surface area contributed by atoms with E-state index in [0.717, 1.165) is 0 Å². The van der Waals surface area contributed by atoms with Gasteiger partial charge in [-0.2, -0.15) is 0 Å². The van der Waals surface area contributed by atoms with E-state index in [4.69, 9.17) is 9.31 Å². The molecule has 0 saturated heterocycles. The summed E-state index contributed by atoms with van der Waals surface area (Å²) >= 11 is 0. The van der Waals surface area contributed by atoms with E-state index in [-0.39, 0.29) is 0 Å². The van der Waals surface area contributed by atoms with Crippen molar-refractivity contribution >= 4 is 7.69 Å². The zero-order valence-corrected chi connectivity index (χ0v) is 7.91. The highest BCUT2D eigenvalue weighted by atomic mass is 16.6. The maximum absolute atomic E-state index is 5.17. The zero-order chi connectivity index (χ0) is 10.3. The molecule has 0 aliphatic rings. The summed E-state index contributed by atoms with van der Waals surface area (Å²) < 4.78 is 10.3. The van der Waals surface area contributed by atoms with Gasteiger partial charge in [-0.05, 0) is 24.3 Å². The van der Waals surface area contributed by atoms with Gasteiger partial charge in [0.25, 0.3) is 0 Å². The first-order valence-electron chi connectivity index (χ1n) is 4.40. The Bertz CT molecular complexity index is 357. The predicted octanol–water partition coefficient (Wildman–Crippen LogP) is 1.47. The maximum Gasteiger partial charge on any atom is 0.658 e. The van der Waals surface area contributed by atoms with Crippen molar-refractivity contribution in [2.45, 2.75) is 0 Å². The van der Waals surface area contributed by atoms with Crippen molar-refractivity contribution in [2.75, 3.05) is 0 Å². The van der Waals surface area contributed by atoms with E-state index in [1.807, 2.05) is 0 Å². The van der Waals surface area contributed by atoms with Crippen LogP contribution < -0.4 is 9.31 Å². The van der Waals surface area contributed by atoms with Crippen molar-refractivity contribution in [2.24, 2.45) is 0 Å². The molecule has 15 heavy (non-hydrogen) atoms. The molecule has 0 amide bonds. The standard InChI is InChI=1S/C10H8BN2O2/c1-3-9(7-12-5-1)14-11-15-10-4-2-6-13-8-10/h1-8H. The van der Waals surface area contributed by atoms with Gasteiger partial charge in [-0.25, -0.2) is 0 Å². The molecule has 5 heteroatoms. The van der Waals surface area contributed by atoms with Crippen LogP contribution in [0.15, 0.2) is 49.1 Å². The van der Waals surface area contributed by atoms with Gasteiger partial charge >= 0.3 is 7.69 Å². The lowest BCUT2D eigenvalue weighted by Crippen LogP contribution is -2.10. The van der Waals surface area contributed by atoms with Crippen LogP contribution in [0.2, 0.25) is 0 Å². The van der Waals surface area contributed by atoms with Gasteiger partial charge in [-0.15, -0.1) is 0 Å². The number of aromatic nitrogens is 2. The first kappa shape index (κ1) is 9.52. The van der Waals surface area contributed by atoms with Crippen LogP contribution in [-0.4, -0.2) is 17.7 Å². The van der Waals surface area contributed by atoms with Crippen LogP contribution in [0.4, 0.5) is 0 Å². The van der Waals surface area contributed by atoms with E-state index in [9.17, 15) is 0 Å². The third-order valence-electron chi connectivity index (χ3n) is 1.64. The second kappa shape index (κ2) is 5.00. The van der Waals surface area contributed by atoms with Gasteiger partial charge in [0.05, 0.1) is 12.4 Å². The highest BCUT2D eigenvalue weighted by Crippen LogP contribution is 2.08. The largest absolute Gasteiger partial charge is 0.658 e. The Morgan fingerprint density at radius 1 is 0.867 bits per heavy atom. The van der Waals surface area contributed by atoms with Crippen molar-refractivity contribution in [3.63, 3.8) is 0 Å². The molecule has 2 rings (SSSR count). The second-order valence-electron chi connectivity index (χ2n) is 2.71. The van der Waals surface area contributed by atoms with Crippen LogP contribution in [-0.2, 0) is 0 Å². The van der Waals surface area contributed by atoms with Crippen LogP contribution in [0.3, 0.4) is 0 Å². The smallest absolute Gasteiger partial charge is 0.525 e. The summed E-state index contributed by atoms with van der Waals surface area (Å²) in [4.78, 5) is 7.79. The third kappa shape index (κ3) is 2.98. The Balaban J connectivity index is 1.81. The molecule has 0 bridgehead atoms. The van der Waals surface area contributed by atoms with Gasteiger partial charge in [0, 0.05) is 12.4 Å². The molecule has 0 saturated carbocycles. The van der Waals surface area contributed by atoms with E-state index in [1.54, 1.807) is 49.1 Å². The van der Waals surface area contributed by atoms with E-state index in [1.165, 1.54) is 7.69 Å². The van der Waals surface area contributed by atoms with E-state index >= 15 is 0 Å². The molecule has 1 radical (unpaired) electrons. The first-order valence-corrected chi connectivity index (χ1v) is 4.40. The molecule has 2 aromatic rings. The molecule has 2 heterocycles. The van der Waals surface area contributed by atoms with Crippen molar-refractivity contribution in [3.8, 4) is 11.5 Å². The monoisotopic (exact) mass is 199 g/mol. The summed E-state index contributed by atoms with van der Waals surface area (Å²) in [5, 5.41) is 0. The van der Waals surface area contributed by atoms with Crippen LogP contribution in [0.25, 0.3) is 0 Å². The average molecular weight is 199 g/mol. The van der Waals surface area contributed by atoms with Gasteiger partial charge in [0.15, 0.2) is 0 Å². The summed E-state index contributed by atoms with van der Waals surface area (Å²) in [6.45, 7) is 0. The molecule has 0 aliphatic carbocycles. The highest BCUT2D eigenvalue weighted by molar-refractivity contribution is 6.20. The van der Waals surface area contributed by atoms with Gasteiger partial charge in [0.1, 0.15) is 11.5 Å². The Morgan fingerprint density at radius 2 is 1.40 bits per heavy atom. The van der Waals surface area contributed by atoms with Crippen molar-refractivity contribution < 1.29 is 9.31 Å². The van der Waals surface area contributed by atoms with Crippen LogP contribution >= 0.6 is 0 Å². The molecule has 0 spiro atoms. The minimum Gasteiger partial charge on any atom is -0.525 e. The second-order valence-corrected chi connectivity index (χ2v) is 2.71. The van der Waals surface area contributed by atoms with Crippen molar-refractivity contribution in [3.05, 3.63) is 49.1 Å². The summed E-state index contributed by atoms with van der Waals surface area (Å²) in [5.74, 6) is 1.25. The lowest BCUT2D eigenvalue weighted by atomic mass is 10.3. The molecule has 0 N–H and O–H groups in total. The number of hydrogen-bond donors (Lipinski definition) is 0. The van der Waals surface area contributed by atoms with Crippen LogP contribution in [0, 0.1) is 0 Å². The molecule has 4 nitrogen and oxygen atoms in total.